The third-order valence-electron chi connectivity index (χ3n) is 3.56. The molecule has 0 aromatic carbocycles. The third kappa shape index (κ3) is 3.62. The van der Waals surface area contributed by atoms with Crippen LogP contribution in [0.25, 0.3) is 0 Å². The fraction of sp³-hybridized carbons (Fsp3) is 0.600. The first-order valence-corrected chi connectivity index (χ1v) is 7.11. The molecule has 1 heterocycles. The Morgan fingerprint density at radius 1 is 1.05 bits per heavy atom. The summed E-state index contributed by atoms with van der Waals surface area (Å²) in [6, 6.07) is 0. The first kappa shape index (κ1) is 13.2. The van der Waals surface area contributed by atoms with Crippen LogP contribution in [-0.2, 0) is 23.8 Å². The van der Waals surface area contributed by atoms with Gasteiger partial charge in [0.15, 0.2) is 0 Å². The SMILES string of the molecule is O=C(OCC1CC1)C1=CCOC(C(=O)OCC2CC2)=C1. The van der Waals surface area contributed by atoms with Gasteiger partial charge >= 0.3 is 11.9 Å². The highest BCUT2D eigenvalue weighted by Crippen LogP contribution is 2.30. The zero-order valence-corrected chi connectivity index (χ0v) is 11.3. The molecule has 0 aromatic rings. The molecule has 0 radical (unpaired) electrons. The molecule has 3 rings (SSSR count). The van der Waals surface area contributed by atoms with Crippen molar-refractivity contribution >= 4 is 11.9 Å². The second-order valence-electron chi connectivity index (χ2n) is 5.56. The van der Waals surface area contributed by atoms with Crippen LogP contribution in [0.5, 0.6) is 0 Å². The third-order valence-corrected chi connectivity index (χ3v) is 3.56. The molecular weight excluding hydrogens is 260 g/mol. The minimum atomic E-state index is -0.502. The van der Waals surface area contributed by atoms with Crippen LogP contribution in [0.15, 0.2) is 23.5 Å². The molecule has 2 saturated carbocycles. The van der Waals surface area contributed by atoms with E-state index in [-0.39, 0.29) is 12.4 Å². The maximum absolute atomic E-state index is 11.8. The van der Waals surface area contributed by atoms with E-state index in [0.29, 0.717) is 30.6 Å². The lowest BCUT2D eigenvalue weighted by atomic mass is 10.2. The lowest BCUT2D eigenvalue weighted by Crippen LogP contribution is -2.18. The fourth-order valence-corrected chi connectivity index (χ4v) is 1.83. The average Bonchev–Trinajstić information content (AvgIpc) is 3.36. The number of esters is 2. The lowest BCUT2D eigenvalue weighted by molar-refractivity contribution is -0.143. The molecular formula is C15H18O5. The van der Waals surface area contributed by atoms with E-state index in [1.807, 2.05) is 0 Å². The Labute approximate surface area is 117 Å². The van der Waals surface area contributed by atoms with E-state index in [1.54, 1.807) is 6.08 Å². The predicted octanol–water partition coefficient (Wildman–Crippen LogP) is 1.73. The second kappa shape index (κ2) is 5.69. The molecule has 2 fully saturated rings. The smallest absolute Gasteiger partial charge is 0.373 e. The molecule has 108 valence electrons. The fourth-order valence-electron chi connectivity index (χ4n) is 1.83. The number of carbonyl (C=O) groups is 2. The second-order valence-corrected chi connectivity index (χ2v) is 5.56. The highest BCUT2D eigenvalue weighted by molar-refractivity contribution is 5.96. The molecule has 5 heteroatoms. The summed E-state index contributed by atoms with van der Waals surface area (Å²) in [5.74, 6) is 0.213. The summed E-state index contributed by atoms with van der Waals surface area (Å²) in [4.78, 5) is 23.6. The van der Waals surface area contributed by atoms with E-state index in [9.17, 15) is 9.59 Å². The Hall–Kier alpha value is -1.78. The van der Waals surface area contributed by atoms with Crippen molar-refractivity contribution in [2.45, 2.75) is 25.7 Å². The Morgan fingerprint density at radius 2 is 1.65 bits per heavy atom. The van der Waals surface area contributed by atoms with Crippen molar-refractivity contribution in [2.75, 3.05) is 19.8 Å². The summed E-state index contributed by atoms with van der Waals surface area (Å²) in [6.45, 7) is 1.09. The molecule has 0 atom stereocenters. The highest BCUT2D eigenvalue weighted by Gasteiger charge is 2.27. The van der Waals surface area contributed by atoms with Crippen molar-refractivity contribution in [1.82, 2.24) is 0 Å². The predicted molar refractivity (Wildman–Crippen MR) is 69.5 cm³/mol. The number of hydrogen-bond acceptors (Lipinski definition) is 5. The van der Waals surface area contributed by atoms with E-state index in [4.69, 9.17) is 14.2 Å². The zero-order chi connectivity index (χ0) is 13.9. The van der Waals surface area contributed by atoms with Crippen LogP contribution in [0.4, 0.5) is 0 Å². The van der Waals surface area contributed by atoms with Gasteiger partial charge in [-0.05, 0) is 43.6 Å². The van der Waals surface area contributed by atoms with Crippen LogP contribution in [0.1, 0.15) is 25.7 Å². The number of carbonyl (C=O) groups excluding carboxylic acids is 2. The first-order valence-electron chi connectivity index (χ1n) is 7.11. The molecule has 0 amide bonds. The monoisotopic (exact) mass is 278 g/mol. The first-order chi connectivity index (χ1) is 9.72. The minimum Gasteiger partial charge on any atom is -0.482 e. The largest absolute Gasteiger partial charge is 0.482 e. The van der Waals surface area contributed by atoms with Crippen LogP contribution in [-0.4, -0.2) is 31.8 Å². The quantitative estimate of drug-likeness (QED) is 0.692. The molecule has 0 bridgehead atoms. The van der Waals surface area contributed by atoms with Gasteiger partial charge in [-0.15, -0.1) is 0 Å². The normalized spacial score (nSPS) is 21.4. The van der Waals surface area contributed by atoms with Gasteiger partial charge in [0, 0.05) is 6.08 Å². The van der Waals surface area contributed by atoms with Crippen molar-refractivity contribution in [3.63, 3.8) is 0 Å². The van der Waals surface area contributed by atoms with Gasteiger partial charge in [-0.3, -0.25) is 0 Å². The van der Waals surface area contributed by atoms with Crippen molar-refractivity contribution in [3.05, 3.63) is 23.5 Å². The molecule has 5 nitrogen and oxygen atoms in total. The van der Waals surface area contributed by atoms with Crippen LogP contribution < -0.4 is 0 Å². The number of ether oxygens (including phenoxy) is 3. The van der Waals surface area contributed by atoms with E-state index in [2.05, 4.69) is 0 Å². The number of rotatable bonds is 6. The standard InChI is InChI=1S/C15H18O5/c16-14(19-8-10-1-2-10)12-5-6-18-13(7-12)15(17)20-9-11-3-4-11/h5,7,10-11H,1-4,6,8-9H2. The van der Waals surface area contributed by atoms with E-state index < -0.39 is 11.9 Å². The summed E-state index contributed by atoms with van der Waals surface area (Å²) in [7, 11) is 0. The Bertz CT molecular complexity index is 469. The minimum absolute atomic E-state index is 0.0894. The zero-order valence-electron chi connectivity index (χ0n) is 11.3. The topological polar surface area (TPSA) is 61.8 Å². The van der Waals surface area contributed by atoms with Gasteiger partial charge in [0.2, 0.25) is 5.76 Å². The maximum atomic E-state index is 11.8. The summed E-state index contributed by atoms with van der Waals surface area (Å²) in [5.41, 5.74) is 0.371. The number of hydrogen-bond donors (Lipinski definition) is 0. The van der Waals surface area contributed by atoms with Crippen molar-refractivity contribution in [1.29, 1.82) is 0 Å². The van der Waals surface area contributed by atoms with Gasteiger partial charge in [0.05, 0.1) is 18.8 Å². The molecule has 0 unspecified atom stereocenters. The van der Waals surface area contributed by atoms with Gasteiger partial charge in [0.25, 0.3) is 0 Å². The molecule has 1 aliphatic heterocycles. The molecule has 0 saturated heterocycles. The van der Waals surface area contributed by atoms with E-state index in [1.165, 1.54) is 6.08 Å². The molecule has 0 aromatic heterocycles. The van der Waals surface area contributed by atoms with Gasteiger partial charge < -0.3 is 14.2 Å². The van der Waals surface area contributed by atoms with Crippen LogP contribution in [0, 0.1) is 11.8 Å². The summed E-state index contributed by atoms with van der Waals surface area (Å²) in [5, 5.41) is 0. The lowest BCUT2D eigenvalue weighted by Gasteiger charge is -2.14. The van der Waals surface area contributed by atoms with E-state index in [0.717, 1.165) is 25.7 Å². The average molecular weight is 278 g/mol. The summed E-state index contributed by atoms with van der Waals surface area (Å²) < 4.78 is 15.5. The van der Waals surface area contributed by atoms with Gasteiger partial charge in [-0.2, -0.15) is 0 Å². The molecule has 2 aliphatic carbocycles. The Morgan fingerprint density at radius 3 is 2.25 bits per heavy atom. The van der Waals surface area contributed by atoms with Crippen LogP contribution in [0.3, 0.4) is 0 Å². The van der Waals surface area contributed by atoms with Gasteiger partial charge in [-0.25, -0.2) is 9.59 Å². The molecule has 20 heavy (non-hydrogen) atoms. The van der Waals surface area contributed by atoms with E-state index >= 15 is 0 Å². The van der Waals surface area contributed by atoms with Crippen molar-refractivity contribution in [3.8, 4) is 0 Å². The molecule has 0 N–H and O–H groups in total. The molecule has 0 spiro atoms. The van der Waals surface area contributed by atoms with Crippen LogP contribution >= 0.6 is 0 Å². The Kier molecular flexibility index (Phi) is 3.76. The van der Waals surface area contributed by atoms with Crippen molar-refractivity contribution < 1.29 is 23.8 Å². The van der Waals surface area contributed by atoms with Gasteiger partial charge in [0.1, 0.15) is 6.61 Å². The Balaban J connectivity index is 1.52. The van der Waals surface area contributed by atoms with Gasteiger partial charge in [-0.1, -0.05) is 0 Å². The summed E-state index contributed by atoms with van der Waals surface area (Å²) in [6.07, 6.45) is 7.52. The van der Waals surface area contributed by atoms with Crippen molar-refractivity contribution in [2.24, 2.45) is 11.8 Å². The van der Waals surface area contributed by atoms with Crippen LogP contribution in [0.2, 0.25) is 0 Å². The molecule has 3 aliphatic rings. The highest BCUT2D eigenvalue weighted by atomic mass is 16.6. The maximum Gasteiger partial charge on any atom is 0.373 e. The summed E-state index contributed by atoms with van der Waals surface area (Å²) >= 11 is 0.